The Labute approximate surface area is 166 Å². The van der Waals surface area contributed by atoms with Gasteiger partial charge in [-0.2, -0.15) is 0 Å². The summed E-state index contributed by atoms with van der Waals surface area (Å²) in [5, 5.41) is 5.58. The molecule has 7 heteroatoms. The third-order valence-electron chi connectivity index (χ3n) is 3.76. The lowest BCUT2D eigenvalue weighted by molar-refractivity contribution is -0.134. The van der Waals surface area contributed by atoms with Crippen LogP contribution in [0.3, 0.4) is 0 Å². The number of halogens is 2. The molecule has 0 saturated heterocycles. The van der Waals surface area contributed by atoms with Crippen molar-refractivity contribution in [3.63, 3.8) is 0 Å². The molecule has 2 aromatic carbocycles. The first-order chi connectivity index (χ1) is 12.8. The molecule has 27 heavy (non-hydrogen) atoms. The Bertz CT molecular complexity index is 777. The van der Waals surface area contributed by atoms with Crippen molar-refractivity contribution < 1.29 is 18.7 Å². The van der Waals surface area contributed by atoms with Crippen molar-refractivity contribution in [1.29, 1.82) is 0 Å². The van der Waals surface area contributed by atoms with Gasteiger partial charge in [0.25, 0.3) is 11.8 Å². The molecule has 0 saturated carbocycles. The van der Waals surface area contributed by atoms with E-state index in [4.69, 9.17) is 4.74 Å². The first kappa shape index (κ1) is 20.9. The van der Waals surface area contributed by atoms with Crippen molar-refractivity contribution in [2.75, 3.05) is 13.1 Å². The number of carbonyl (C=O) groups is 2. The smallest absolute Gasteiger partial charge is 0.263 e. The minimum absolute atomic E-state index is 0.159. The second-order valence-electron chi connectivity index (χ2n) is 6.44. The number of nitrogens with one attached hydrogen (secondary N) is 2. The zero-order valence-corrected chi connectivity index (χ0v) is 16.8. The fourth-order valence-electron chi connectivity index (χ4n) is 2.25. The van der Waals surface area contributed by atoms with Gasteiger partial charge in [0.15, 0.2) is 5.60 Å². The second kappa shape index (κ2) is 9.50. The Hall–Kier alpha value is -2.41. The summed E-state index contributed by atoms with van der Waals surface area (Å²) < 4.78 is 19.5. The molecule has 0 aliphatic rings. The lowest BCUT2D eigenvalue weighted by Crippen LogP contribution is -2.47. The fourth-order valence-corrected chi connectivity index (χ4v) is 2.52. The molecule has 0 aliphatic heterocycles. The van der Waals surface area contributed by atoms with Gasteiger partial charge in [-0.05, 0) is 68.8 Å². The largest absolute Gasteiger partial charge is 0.478 e. The molecule has 0 bridgehead atoms. The highest BCUT2D eigenvalue weighted by molar-refractivity contribution is 9.10. The van der Waals surface area contributed by atoms with E-state index in [-0.39, 0.29) is 17.6 Å². The third kappa shape index (κ3) is 6.67. The first-order valence-corrected chi connectivity index (χ1v) is 9.34. The van der Waals surface area contributed by atoms with Crippen LogP contribution < -0.4 is 15.4 Å². The van der Waals surface area contributed by atoms with Gasteiger partial charge in [-0.3, -0.25) is 9.59 Å². The van der Waals surface area contributed by atoms with Crippen LogP contribution in [0, 0.1) is 5.82 Å². The molecule has 0 aliphatic carbocycles. The molecular weight excluding hydrogens is 415 g/mol. The lowest BCUT2D eigenvalue weighted by atomic mass is 10.1. The number of ether oxygens (including phenoxy) is 1. The molecule has 0 radical (unpaired) electrons. The number of rotatable bonds is 8. The maximum Gasteiger partial charge on any atom is 0.263 e. The summed E-state index contributed by atoms with van der Waals surface area (Å²) in [6.45, 7) is 4.12. The number of carbonyl (C=O) groups excluding carboxylic acids is 2. The van der Waals surface area contributed by atoms with E-state index >= 15 is 0 Å². The topological polar surface area (TPSA) is 67.4 Å². The van der Waals surface area contributed by atoms with Gasteiger partial charge >= 0.3 is 0 Å². The first-order valence-electron chi connectivity index (χ1n) is 8.54. The summed E-state index contributed by atoms with van der Waals surface area (Å²) in [7, 11) is 0. The van der Waals surface area contributed by atoms with Gasteiger partial charge in [-0.25, -0.2) is 4.39 Å². The van der Waals surface area contributed by atoms with Crippen LogP contribution in [0.1, 0.15) is 30.6 Å². The third-order valence-corrected chi connectivity index (χ3v) is 4.29. The molecule has 5 nitrogen and oxygen atoms in total. The monoisotopic (exact) mass is 436 g/mol. The van der Waals surface area contributed by atoms with Crippen molar-refractivity contribution in [2.45, 2.75) is 25.9 Å². The molecule has 0 aromatic heterocycles. The number of amides is 2. The van der Waals surface area contributed by atoms with Crippen LogP contribution in [-0.4, -0.2) is 30.5 Å². The normalized spacial score (nSPS) is 11.0. The van der Waals surface area contributed by atoms with Crippen LogP contribution in [0.15, 0.2) is 53.0 Å². The van der Waals surface area contributed by atoms with E-state index in [0.29, 0.717) is 30.8 Å². The van der Waals surface area contributed by atoms with E-state index in [0.717, 1.165) is 4.47 Å². The Morgan fingerprint density at radius 1 is 1.00 bits per heavy atom. The predicted octanol–water partition coefficient (Wildman–Crippen LogP) is 3.68. The molecular formula is C20H22BrFN2O3. The number of hydrogen-bond donors (Lipinski definition) is 2. The molecule has 0 heterocycles. The van der Waals surface area contributed by atoms with Crippen LogP contribution in [0.4, 0.5) is 4.39 Å². The van der Waals surface area contributed by atoms with Gasteiger partial charge in [0, 0.05) is 23.1 Å². The van der Waals surface area contributed by atoms with Crippen LogP contribution in [0.5, 0.6) is 5.75 Å². The van der Waals surface area contributed by atoms with Gasteiger partial charge in [-0.1, -0.05) is 15.9 Å². The molecule has 0 spiro atoms. The van der Waals surface area contributed by atoms with Crippen LogP contribution in [-0.2, 0) is 4.79 Å². The summed E-state index contributed by atoms with van der Waals surface area (Å²) in [5.41, 5.74) is -0.519. The maximum atomic E-state index is 12.9. The lowest BCUT2D eigenvalue weighted by Gasteiger charge is -2.25. The van der Waals surface area contributed by atoms with Crippen LogP contribution in [0.25, 0.3) is 0 Å². The van der Waals surface area contributed by atoms with Gasteiger partial charge in [0.2, 0.25) is 0 Å². The minimum Gasteiger partial charge on any atom is -0.478 e. The predicted molar refractivity (Wildman–Crippen MR) is 105 cm³/mol. The molecule has 0 atom stereocenters. The molecule has 2 aromatic rings. The highest BCUT2D eigenvalue weighted by Gasteiger charge is 2.29. The average molecular weight is 437 g/mol. The molecule has 2 N–H and O–H groups in total. The highest BCUT2D eigenvalue weighted by atomic mass is 79.9. The standard InChI is InChI=1S/C20H22BrFN2O3/c1-20(2,27-17-10-8-16(22)9-11-17)19(26)24-13-3-12-23-18(25)14-4-6-15(21)7-5-14/h4-11H,3,12-13H2,1-2H3,(H,23,25)(H,24,26). The number of hydrogen-bond acceptors (Lipinski definition) is 3. The van der Waals surface area contributed by atoms with Gasteiger partial charge in [0.1, 0.15) is 11.6 Å². The van der Waals surface area contributed by atoms with Crippen molar-refractivity contribution in [3.8, 4) is 5.75 Å². The Morgan fingerprint density at radius 3 is 2.22 bits per heavy atom. The number of benzene rings is 2. The minimum atomic E-state index is -1.10. The van der Waals surface area contributed by atoms with Gasteiger partial charge in [0.05, 0.1) is 0 Å². The maximum absolute atomic E-state index is 12.9. The second-order valence-corrected chi connectivity index (χ2v) is 7.35. The SMILES string of the molecule is CC(C)(Oc1ccc(F)cc1)C(=O)NCCCNC(=O)c1ccc(Br)cc1. The quantitative estimate of drug-likeness (QED) is 0.620. The van der Waals surface area contributed by atoms with Crippen LogP contribution in [0.2, 0.25) is 0 Å². The molecule has 2 rings (SSSR count). The van der Waals surface area contributed by atoms with E-state index in [1.165, 1.54) is 24.3 Å². The highest BCUT2D eigenvalue weighted by Crippen LogP contribution is 2.18. The molecule has 144 valence electrons. The fraction of sp³-hybridized carbons (Fsp3) is 0.300. The van der Waals surface area contributed by atoms with E-state index in [1.54, 1.807) is 38.1 Å². The average Bonchev–Trinajstić information content (AvgIpc) is 2.63. The summed E-state index contributed by atoms with van der Waals surface area (Å²) in [4.78, 5) is 24.3. The summed E-state index contributed by atoms with van der Waals surface area (Å²) in [6, 6.07) is 12.6. The van der Waals surface area contributed by atoms with Crippen molar-refractivity contribution in [3.05, 3.63) is 64.4 Å². The van der Waals surface area contributed by atoms with Gasteiger partial charge < -0.3 is 15.4 Å². The molecule has 0 fully saturated rings. The van der Waals surface area contributed by atoms with E-state index in [2.05, 4.69) is 26.6 Å². The zero-order chi connectivity index (χ0) is 19.9. The van der Waals surface area contributed by atoms with Crippen molar-refractivity contribution >= 4 is 27.7 Å². The van der Waals surface area contributed by atoms with Crippen molar-refractivity contribution in [2.24, 2.45) is 0 Å². The van der Waals surface area contributed by atoms with E-state index in [1.807, 2.05) is 0 Å². The van der Waals surface area contributed by atoms with E-state index in [9.17, 15) is 14.0 Å². The summed E-state index contributed by atoms with van der Waals surface area (Å²) >= 11 is 3.32. The summed E-state index contributed by atoms with van der Waals surface area (Å²) in [6.07, 6.45) is 0.584. The Kier molecular flexibility index (Phi) is 7.36. The van der Waals surface area contributed by atoms with Gasteiger partial charge in [-0.15, -0.1) is 0 Å². The summed E-state index contributed by atoms with van der Waals surface area (Å²) in [5.74, 6) is -0.395. The molecule has 0 unspecified atom stereocenters. The van der Waals surface area contributed by atoms with Crippen LogP contribution >= 0.6 is 15.9 Å². The Balaban J connectivity index is 1.70. The molecule has 2 amide bonds. The van der Waals surface area contributed by atoms with Crippen molar-refractivity contribution in [1.82, 2.24) is 10.6 Å². The zero-order valence-electron chi connectivity index (χ0n) is 15.2. The Morgan fingerprint density at radius 2 is 1.59 bits per heavy atom. The van der Waals surface area contributed by atoms with E-state index < -0.39 is 5.60 Å².